The highest BCUT2D eigenvalue weighted by molar-refractivity contribution is 5.71. The van der Waals surface area contributed by atoms with Gasteiger partial charge in [0.1, 0.15) is 6.54 Å². The monoisotopic (exact) mass is 398 g/mol. The molecular weight excluding hydrogens is 354 g/mol. The molecule has 0 aromatic carbocycles. The van der Waals surface area contributed by atoms with Crippen LogP contribution < -0.4 is 0 Å². The van der Waals surface area contributed by atoms with Crippen LogP contribution in [0.2, 0.25) is 0 Å². The fourth-order valence-electron chi connectivity index (χ4n) is 3.18. The number of carbonyl (C=O) groups is 2. The molecular formula is C23H44NO4+. The van der Waals surface area contributed by atoms with E-state index in [-0.39, 0.29) is 12.4 Å². The Morgan fingerprint density at radius 3 is 1.96 bits per heavy atom. The number of rotatable bonds is 18. The fourth-order valence-corrected chi connectivity index (χ4v) is 3.18. The lowest BCUT2D eigenvalue weighted by Gasteiger charge is -2.28. The molecule has 28 heavy (non-hydrogen) atoms. The molecule has 0 spiro atoms. The number of aliphatic carboxylic acids is 1. The molecule has 0 aliphatic rings. The Balaban J connectivity index is 3.75. The maximum Gasteiger partial charge on any atom is 0.307 e. The highest BCUT2D eigenvalue weighted by Gasteiger charge is 2.24. The van der Waals surface area contributed by atoms with Crippen LogP contribution in [0.25, 0.3) is 0 Å². The second-order valence-corrected chi connectivity index (χ2v) is 8.81. The lowest BCUT2D eigenvalue weighted by Crippen LogP contribution is -2.43. The van der Waals surface area contributed by atoms with Gasteiger partial charge < -0.3 is 14.3 Å². The van der Waals surface area contributed by atoms with Crippen molar-refractivity contribution in [2.75, 3.05) is 27.7 Å². The van der Waals surface area contributed by atoms with Crippen LogP contribution in [0, 0.1) is 0 Å². The first-order valence-electron chi connectivity index (χ1n) is 11.1. The summed E-state index contributed by atoms with van der Waals surface area (Å²) in [5.74, 6) is -1.22. The molecule has 0 aromatic rings. The number of nitrogens with zero attached hydrogens (tertiary/aromatic N) is 1. The number of quaternary nitrogens is 1. The van der Waals surface area contributed by atoms with Crippen LogP contribution in [-0.2, 0) is 14.3 Å². The molecule has 0 aliphatic heterocycles. The number of ether oxygens (including phenoxy) is 1. The standard InChI is InChI=1S/C23H43NO4/c1-5-6-7-8-9-10-11-12-13-14-15-16-17-18-23(27)28-21(19-22(25)26)20-24(2,3)4/h13-14,21H,5-12,15-20H2,1-4H3/p+1/b14-13+. The number of hydrogen-bond acceptors (Lipinski definition) is 3. The molecule has 1 atom stereocenters. The Hall–Kier alpha value is -1.36. The molecule has 1 unspecified atom stereocenters. The molecule has 1 N–H and O–H groups in total. The van der Waals surface area contributed by atoms with Crippen LogP contribution in [0.5, 0.6) is 0 Å². The second kappa shape index (κ2) is 16.6. The third-order valence-electron chi connectivity index (χ3n) is 4.59. The van der Waals surface area contributed by atoms with Crippen molar-refractivity contribution in [1.82, 2.24) is 0 Å². The SMILES string of the molecule is CCCCCCCCC/C=C/CCCCC(=O)OC(CC(=O)O)C[N+](C)(C)C. The van der Waals surface area contributed by atoms with Crippen LogP contribution in [-0.4, -0.2) is 55.3 Å². The van der Waals surface area contributed by atoms with E-state index < -0.39 is 12.1 Å². The first-order valence-corrected chi connectivity index (χ1v) is 11.1. The van der Waals surface area contributed by atoms with Gasteiger partial charge in [-0.1, -0.05) is 57.6 Å². The largest absolute Gasteiger partial charge is 0.481 e. The van der Waals surface area contributed by atoms with Crippen LogP contribution in [0.15, 0.2) is 12.2 Å². The highest BCUT2D eigenvalue weighted by atomic mass is 16.5. The molecule has 0 amide bonds. The third kappa shape index (κ3) is 19.4. The summed E-state index contributed by atoms with van der Waals surface area (Å²) in [6.45, 7) is 2.75. The van der Waals surface area contributed by atoms with Gasteiger partial charge in [-0.05, 0) is 32.1 Å². The quantitative estimate of drug-likeness (QED) is 0.147. The van der Waals surface area contributed by atoms with E-state index in [1.54, 1.807) is 0 Å². The average molecular weight is 399 g/mol. The summed E-state index contributed by atoms with van der Waals surface area (Å²) in [5.41, 5.74) is 0. The molecule has 0 rings (SSSR count). The van der Waals surface area contributed by atoms with Gasteiger partial charge in [-0.2, -0.15) is 0 Å². The van der Waals surface area contributed by atoms with E-state index >= 15 is 0 Å². The van der Waals surface area contributed by atoms with Crippen molar-refractivity contribution in [3.63, 3.8) is 0 Å². The van der Waals surface area contributed by atoms with E-state index in [1.165, 1.54) is 44.9 Å². The Bertz CT molecular complexity index is 440. The van der Waals surface area contributed by atoms with Gasteiger partial charge >= 0.3 is 11.9 Å². The minimum absolute atomic E-state index is 0.136. The van der Waals surface area contributed by atoms with Crippen LogP contribution >= 0.6 is 0 Å². The van der Waals surface area contributed by atoms with E-state index in [2.05, 4.69) is 19.1 Å². The van der Waals surface area contributed by atoms with Gasteiger partial charge in [-0.15, -0.1) is 0 Å². The number of carbonyl (C=O) groups excluding carboxylic acids is 1. The minimum Gasteiger partial charge on any atom is -0.481 e. The molecule has 0 bridgehead atoms. The van der Waals surface area contributed by atoms with Gasteiger partial charge in [0.2, 0.25) is 0 Å². The number of allylic oxidation sites excluding steroid dienone is 2. The third-order valence-corrected chi connectivity index (χ3v) is 4.59. The van der Waals surface area contributed by atoms with Crippen molar-refractivity contribution in [1.29, 1.82) is 0 Å². The second-order valence-electron chi connectivity index (χ2n) is 8.81. The summed E-state index contributed by atoms with van der Waals surface area (Å²) in [5, 5.41) is 8.99. The number of carboxylic acids is 1. The van der Waals surface area contributed by atoms with E-state index in [0.717, 1.165) is 25.7 Å². The van der Waals surface area contributed by atoms with Crippen molar-refractivity contribution < 1.29 is 23.9 Å². The molecule has 5 heteroatoms. The van der Waals surface area contributed by atoms with E-state index in [9.17, 15) is 9.59 Å². The highest BCUT2D eigenvalue weighted by Crippen LogP contribution is 2.11. The molecule has 0 fully saturated rings. The maximum atomic E-state index is 12.0. The predicted octanol–water partition coefficient (Wildman–Crippen LogP) is 5.34. The number of esters is 1. The maximum absolute atomic E-state index is 12.0. The smallest absolute Gasteiger partial charge is 0.307 e. The fraction of sp³-hybridized carbons (Fsp3) is 0.826. The molecule has 0 radical (unpaired) electrons. The average Bonchev–Trinajstić information content (AvgIpc) is 2.56. The lowest BCUT2D eigenvalue weighted by atomic mass is 10.1. The van der Waals surface area contributed by atoms with Crippen LogP contribution in [0.4, 0.5) is 0 Å². The van der Waals surface area contributed by atoms with E-state index in [1.807, 2.05) is 21.1 Å². The molecule has 5 nitrogen and oxygen atoms in total. The number of carboxylic acid groups (broad SMARTS) is 1. The van der Waals surface area contributed by atoms with Crippen LogP contribution in [0.3, 0.4) is 0 Å². The van der Waals surface area contributed by atoms with Gasteiger partial charge in [0.15, 0.2) is 6.10 Å². The molecule has 0 saturated heterocycles. The summed E-state index contributed by atoms with van der Waals surface area (Å²) >= 11 is 0. The lowest BCUT2D eigenvalue weighted by molar-refractivity contribution is -0.873. The van der Waals surface area contributed by atoms with Crippen molar-refractivity contribution in [2.24, 2.45) is 0 Å². The molecule has 0 heterocycles. The zero-order valence-electron chi connectivity index (χ0n) is 18.8. The van der Waals surface area contributed by atoms with Gasteiger partial charge in [0.05, 0.1) is 27.6 Å². The van der Waals surface area contributed by atoms with Gasteiger partial charge in [-0.3, -0.25) is 9.59 Å². The molecule has 0 aliphatic carbocycles. The topological polar surface area (TPSA) is 63.6 Å². The first-order chi connectivity index (χ1) is 13.2. The van der Waals surface area contributed by atoms with Crippen LogP contribution in [0.1, 0.15) is 90.4 Å². The van der Waals surface area contributed by atoms with Crippen molar-refractivity contribution >= 4 is 11.9 Å². The van der Waals surface area contributed by atoms with Crippen molar-refractivity contribution in [3.8, 4) is 0 Å². The van der Waals surface area contributed by atoms with Gasteiger partial charge in [0, 0.05) is 6.42 Å². The van der Waals surface area contributed by atoms with E-state index in [0.29, 0.717) is 17.4 Å². The number of likely N-dealkylation sites (N-methyl/N-ethyl adjacent to an activating group) is 1. The molecule has 0 saturated carbocycles. The van der Waals surface area contributed by atoms with Gasteiger partial charge in [-0.25, -0.2) is 0 Å². The van der Waals surface area contributed by atoms with Gasteiger partial charge in [0.25, 0.3) is 0 Å². The predicted molar refractivity (Wildman–Crippen MR) is 115 cm³/mol. The van der Waals surface area contributed by atoms with E-state index in [4.69, 9.17) is 9.84 Å². The summed E-state index contributed by atoms with van der Waals surface area (Å²) in [7, 11) is 5.88. The first kappa shape index (κ1) is 26.6. The molecule has 0 aromatic heterocycles. The normalized spacial score (nSPS) is 13.0. The summed E-state index contributed by atoms with van der Waals surface area (Å²) in [6, 6.07) is 0. The Kier molecular flexibility index (Phi) is 15.8. The zero-order valence-corrected chi connectivity index (χ0v) is 18.8. The summed E-state index contributed by atoms with van der Waals surface area (Å²) < 4.78 is 5.96. The summed E-state index contributed by atoms with van der Waals surface area (Å²) in [6.07, 6.45) is 17.4. The Morgan fingerprint density at radius 1 is 0.893 bits per heavy atom. The van der Waals surface area contributed by atoms with Crippen molar-refractivity contribution in [3.05, 3.63) is 12.2 Å². The zero-order chi connectivity index (χ0) is 21.3. The molecule has 164 valence electrons. The number of hydrogen-bond donors (Lipinski definition) is 1. The number of unbranched alkanes of at least 4 members (excludes halogenated alkanes) is 9. The van der Waals surface area contributed by atoms with Crippen molar-refractivity contribution in [2.45, 2.75) is 96.5 Å². The Morgan fingerprint density at radius 2 is 1.43 bits per heavy atom. The minimum atomic E-state index is -0.933. The summed E-state index contributed by atoms with van der Waals surface area (Å²) in [4.78, 5) is 22.9. The Labute approximate surface area is 172 Å².